The van der Waals surface area contributed by atoms with E-state index in [1.807, 2.05) is 6.07 Å². The van der Waals surface area contributed by atoms with Crippen molar-refractivity contribution < 1.29 is 17.6 Å². The molecule has 1 aliphatic carbocycles. The third kappa shape index (κ3) is 5.00. The van der Waals surface area contributed by atoms with Gasteiger partial charge in [0.1, 0.15) is 0 Å². The van der Waals surface area contributed by atoms with Crippen LogP contribution in [0.2, 0.25) is 0 Å². The Kier molecular flexibility index (Phi) is 7.04. The van der Waals surface area contributed by atoms with Crippen molar-refractivity contribution in [2.45, 2.75) is 30.6 Å². The normalized spacial score (nSPS) is 13.3. The molecule has 8 nitrogen and oxygen atoms in total. The average Bonchev–Trinajstić information content (AvgIpc) is 3.32. The van der Waals surface area contributed by atoms with Crippen LogP contribution in [-0.2, 0) is 22.9 Å². The Labute approximate surface area is 199 Å². The van der Waals surface area contributed by atoms with E-state index in [2.05, 4.69) is 40.8 Å². The molecule has 0 bridgehead atoms. The molecule has 4 rings (SSSR count). The number of carbonyl (C=O) groups excluding carboxylic acids is 1. The second-order valence-electron chi connectivity index (χ2n) is 7.98. The first-order valence-corrected chi connectivity index (χ1v) is 12.5. The number of aryl methyl sites for hydroxylation is 2. The maximum atomic E-state index is 12.8. The van der Waals surface area contributed by atoms with Gasteiger partial charge in [-0.3, -0.25) is 10.1 Å². The van der Waals surface area contributed by atoms with Crippen LogP contribution in [0.5, 0.6) is 0 Å². The molecule has 1 heterocycles. The fourth-order valence-corrected chi connectivity index (χ4v) is 5.29. The van der Waals surface area contributed by atoms with Crippen LogP contribution in [-0.4, -0.2) is 41.9 Å². The van der Waals surface area contributed by atoms with E-state index in [1.165, 1.54) is 64.7 Å². The van der Waals surface area contributed by atoms with Crippen molar-refractivity contribution >= 4 is 21.9 Å². The highest BCUT2D eigenvalue weighted by Crippen LogP contribution is 2.27. The zero-order chi connectivity index (χ0) is 24.1. The first-order valence-electron chi connectivity index (χ1n) is 11.0. The number of carbonyl (C=O) groups is 1. The van der Waals surface area contributed by atoms with Crippen LogP contribution in [0.1, 0.15) is 34.3 Å². The Hall–Kier alpha value is -3.56. The molecule has 0 saturated heterocycles. The quantitative estimate of drug-likeness (QED) is 0.462. The van der Waals surface area contributed by atoms with E-state index in [0.29, 0.717) is 5.89 Å². The zero-order valence-corrected chi connectivity index (χ0v) is 19.6. The van der Waals surface area contributed by atoms with Gasteiger partial charge in [-0.25, -0.2) is 8.42 Å². The molecule has 34 heavy (non-hydrogen) atoms. The van der Waals surface area contributed by atoms with Crippen LogP contribution >= 0.6 is 0 Å². The Morgan fingerprint density at radius 3 is 2.35 bits per heavy atom. The minimum absolute atomic E-state index is 0.0300. The third-order valence-corrected chi connectivity index (χ3v) is 7.51. The lowest BCUT2D eigenvalue weighted by Gasteiger charge is -2.19. The number of aromatic nitrogens is 2. The summed E-state index contributed by atoms with van der Waals surface area (Å²) in [5, 5.41) is 10.5. The van der Waals surface area contributed by atoms with Crippen LogP contribution < -0.4 is 5.32 Å². The number of amides is 1. The summed E-state index contributed by atoms with van der Waals surface area (Å²) in [6.45, 7) is 7.49. The number of benzene rings is 2. The summed E-state index contributed by atoms with van der Waals surface area (Å²) >= 11 is 0. The van der Waals surface area contributed by atoms with Crippen molar-refractivity contribution in [3.8, 4) is 11.5 Å². The van der Waals surface area contributed by atoms with Gasteiger partial charge < -0.3 is 4.42 Å². The molecule has 2 aromatic carbocycles. The lowest BCUT2D eigenvalue weighted by Crippen LogP contribution is -2.31. The lowest BCUT2D eigenvalue weighted by atomic mass is 9.90. The molecule has 1 aromatic heterocycles. The maximum Gasteiger partial charge on any atom is 0.322 e. The number of hydrogen-bond donors (Lipinski definition) is 1. The molecule has 0 unspecified atom stereocenters. The van der Waals surface area contributed by atoms with Gasteiger partial charge in [0.25, 0.3) is 5.91 Å². The molecule has 3 aromatic rings. The Morgan fingerprint density at radius 2 is 1.68 bits per heavy atom. The summed E-state index contributed by atoms with van der Waals surface area (Å²) in [5.41, 5.74) is 3.71. The van der Waals surface area contributed by atoms with Crippen molar-refractivity contribution in [3.05, 3.63) is 84.5 Å². The number of hydrogen-bond acceptors (Lipinski definition) is 6. The highest BCUT2D eigenvalue weighted by atomic mass is 32.2. The van der Waals surface area contributed by atoms with Crippen LogP contribution in [0.15, 0.2) is 77.1 Å². The minimum Gasteiger partial charge on any atom is -0.403 e. The summed E-state index contributed by atoms with van der Waals surface area (Å²) in [4.78, 5) is 12.7. The van der Waals surface area contributed by atoms with Crippen molar-refractivity contribution in [1.29, 1.82) is 0 Å². The smallest absolute Gasteiger partial charge is 0.322 e. The first kappa shape index (κ1) is 23.6. The Morgan fingerprint density at radius 1 is 1.00 bits per heavy atom. The standard InChI is InChI=1S/C25H26N4O4S/c1-3-15-29(16-4-2)34(31,32)22-13-11-19(12-14-22)23(30)26-25-28-27-24(33-25)21-10-9-18-7-5-6-8-20(18)17-21/h3-4,9-14,17H,1-2,5-8,15-16H2,(H,26,28,30). The van der Waals surface area contributed by atoms with Gasteiger partial charge in [-0.15, -0.1) is 18.3 Å². The second-order valence-corrected chi connectivity index (χ2v) is 9.92. The first-order chi connectivity index (χ1) is 16.4. The van der Waals surface area contributed by atoms with Gasteiger partial charge in [0.15, 0.2) is 0 Å². The van der Waals surface area contributed by atoms with E-state index in [1.54, 1.807) is 0 Å². The maximum absolute atomic E-state index is 12.8. The summed E-state index contributed by atoms with van der Waals surface area (Å²) in [6, 6.07) is 11.7. The van der Waals surface area contributed by atoms with Crippen LogP contribution in [0.3, 0.4) is 0 Å². The number of sulfonamides is 1. The highest BCUT2D eigenvalue weighted by Gasteiger charge is 2.23. The van der Waals surface area contributed by atoms with Crippen LogP contribution in [0, 0.1) is 0 Å². The minimum atomic E-state index is -3.74. The number of rotatable bonds is 9. The molecule has 0 aliphatic heterocycles. The van der Waals surface area contributed by atoms with Gasteiger partial charge in [-0.05, 0) is 73.2 Å². The van der Waals surface area contributed by atoms with Gasteiger partial charge in [0.05, 0.1) is 4.90 Å². The van der Waals surface area contributed by atoms with Crippen molar-refractivity contribution in [2.75, 3.05) is 18.4 Å². The van der Waals surface area contributed by atoms with Crippen molar-refractivity contribution in [1.82, 2.24) is 14.5 Å². The molecule has 1 N–H and O–H groups in total. The molecule has 0 fully saturated rings. The fourth-order valence-electron chi connectivity index (χ4n) is 3.91. The Balaban J connectivity index is 1.46. The topological polar surface area (TPSA) is 105 Å². The van der Waals surface area contributed by atoms with E-state index < -0.39 is 15.9 Å². The van der Waals surface area contributed by atoms with E-state index >= 15 is 0 Å². The molecule has 0 atom stereocenters. The summed E-state index contributed by atoms with van der Waals surface area (Å²) in [7, 11) is -3.74. The summed E-state index contributed by atoms with van der Waals surface area (Å²) < 4.78 is 32.5. The molecular formula is C25H26N4O4S. The Bertz CT molecular complexity index is 1300. The number of nitrogens with zero attached hydrogens (tertiary/aromatic N) is 3. The predicted octanol–water partition coefficient (Wildman–Crippen LogP) is 4.23. The molecule has 0 spiro atoms. The largest absolute Gasteiger partial charge is 0.403 e. The molecule has 1 aliphatic rings. The van der Waals surface area contributed by atoms with Crippen molar-refractivity contribution in [3.63, 3.8) is 0 Å². The van der Waals surface area contributed by atoms with Crippen molar-refractivity contribution in [2.24, 2.45) is 0 Å². The monoisotopic (exact) mass is 478 g/mol. The second kappa shape index (κ2) is 10.1. The van der Waals surface area contributed by atoms with E-state index in [4.69, 9.17) is 4.42 Å². The predicted molar refractivity (Wildman–Crippen MR) is 130 cm³/mol. The van der Waals surface area contributed by atoms with Gasteiger partial charge in [0, 0.05) is 24.2 Å². The number of anilines is 1. The molecule has 1 amide bonds. The lowest BCUT2D eigenvalue weighted by molar-refractivity contribution is 0.102. The van der Waals surface area contributed by atoms with Gasteiger partial charge in [-0.2, -0.15) is 4.31 Å². The highest BCUT2D eigenvalue weighted by molar-refractivity contribution is 7.89. The van der Waals surface area contributed by atoms with Gasteiger partial charge in [-0.1, -0.05) is 23.3 Å². The zero-order valence-electron chi connectivity index (χ0n) is 18.7. The molecule has 0 saturated carbocycles. The molecule has 0 radical (unpaired) electrons. The summed E-state index contributed by atoms with van der Waals surface area (Å²) in [6.07, 6.45) is 7.50. The van der Waals surface area contributed by atoms with E-state index in [0.717, 1.165) is 18.4 Å². The van der Waals surface area contributed by atoms with Crippen LogP contribution in [0.4, 0.5) is 6.01 Å². The van der Waals surface area contributed by atoms with Gasteiger partial charge in [0.2, 0.25) is 15.9 Å². The van der Waals surface area contributed by atoms with Crippen LogP contribution in [0.25, 0.3) is 11.5 Å². The number of fused-ring (bicyclic) bond motifs is 1. The third-order valence-electron chi connectivity index (χ3n) is 5.66. The average molecular weight is 479 g/mol. The van der Waals surface area contributed by atoms with Gasteiger partial charge >= 0.3 is 6.01 Å². The van der Waals surface area contributed by atoms with E-state index in [-0.39, 0.29) is 29.6 Å². The molecular weight excluding hydrogens is 452 g/mol. The number of nitrogens with one attached hydrogen (secondary N) is 1. The molecule has 9 heteroatoms. The molecule has 176 valence electrons. The fraction of sp³-hybridized carbons (Fsp3) is 0.240. The summed E-state index contributed by atoms with van der Waals surface area (Å²) in [5.74, 6) is -0.159. The van der Waals surface area contributed by atoms with E-state index in [9.17, 15) is 13.2 Å². The SMILES string of the molecule is C=CCN(CC=C)S(=O)(=O)c1ccc(C(=O)Nc2nnc(-c3ccc4c(c3)CCCC4)o2)cc1.